The standard InChI is InChI=1S/C14H15N3O4/c1-8(14(20)21)7-15-13(19)11-6-10(16-17-11)9-4-2-3-5-12(9)18/h2-6,8,18H,7H2,1H3,(H,15,19)(H,16,17)(H,20,21)/t8-/m0/s1. The normalized spacial score (nSPS) is 11.9. The average Bonchev–Trinajstić information content (AvgIpc) is 2.94. The molecule has 21 heavy (non-hydrogen) atoms. The van der Waals surface area contributed by atoms with E-state index in [0.717, 1.165) is 0 Å². The SMILES string of the molecule is C[C@@H](CNC(=O)c1cc(-c2ccccc2O)n[nH]1)C(=O)O. The second-order valence-electron chi connectivity index (χ2n) is 4.63. The molecule has 1 aromatic heterocycles. The number of phenols is 1. The number of carboxylic acid groups (broad SMARTS) is 1. The van der Waals surface area contributed by atoms with Gasteiger partial charge in [-0.2, -0.15) is 5.10 Å². The van der Waals surface area contributed by atoms with E-state index in [-0.39, 0.29) is 18.0 Å². The van der Waals surface area contributed by atoms with E-state index in [4.69, 9.17) is 5.11 Å². The Morgan fingerprint density at radius 1 is 1.38 bits per heavy atom. The molecule has 0 radical (unpaired) electrons. The number of phenolic OH excluding ortho intramolecular Hbond substituents is 1. The lowest BCUT2D eigenvalue weighted by molar-refractivity contribution is -0.140. The van der Waals surface area contributed by atoms with Crippen LogP contribution in [0.2, 0.25) is 0 Å². The van der Waals surface area contributed by atoms with Crippen LogP contribution in [0.3, 0.4) is 0 Å². The van der Waals surface area contributed by atoms with E-state index in [1.807, 2.05) is 0 Å². The van der Waals surface area contributed by atoms with Crippen molar-refractivity contribution in [3.63, 3.8) is 0 Å². The van der Waals surface area contributed by atoms with Crippen LogP contribution < -0.4 is 5.32 Å². The second-order valence-corrected chi connectivity index (χ2v) is 4.63. The van der Waals surface area contributed by atoms with Crippen LogP contribution in [0.5, 0.6) is 5.75 Å². The van der Waals surface area contributed by atoms with Crippen molar-refractivity contribution in [2.24, 2.45) is 5.92 Å². The third-order valence-electron chi connectivity index (χ3n) is 2.99. The first-order valence-corrected chi connectivity index (χ1v) is 6.34. The van der Waals surface area contributed by atoms with Gasteiger partial charge in [0.15, 0.2) is 0 Å². The number of hydrogen-bond donors (Lipinski definition) is 4. The number of aromatic amines is 1. The van der Waals surface area contributed by atoms with Gasteiger partial charge in [-0.1, -0.05) is 19.1 Å². The minimum atomic E-state index is -0.977. The van der Waals surface area contributed by atoms with Gasteiger partial charge < -0.3 is 15.5 Å². The molecule has 0 unspecified atom stereocenters. The molecule has 0 fully saturated rings. The summed E-state index contributed by atoms with van der Waals surface area (Å²) in [6, 6.07) is 8.14. The molecule has 4 N–H and O–H groups in total. The van der Waals surface area contributed by atoms with E-state index in [0.29, 0.717) is 11.3 Å². The zero-order valence-electron chi connectivity index (χ0n) is 11.3. The van der Waals surface area contributed by atoms with Crippen molar-refractivity contribution in [1.29, 1.82) is 0 Å². The molecule has 7 heteroatoms. The first kappa shape index (κ1) is 14.6. The van der Waals surface area contributed by atoms with E-state index in [1.54, 1.807) is 18.2 Å². The summed E-state index contributed by atoms with van der Waals surface area (Å²) < 4.78 is 0. The number of aromatic hydroxyl groups is 1. The van der Waals surface area contributed by atoms with Crippen molar-refractivity contribution in [3.8, 4) is 17.0 Å². The van der Waals surface area contributed by atoms with Crippen molar-refractivity contribution in [3.05, 3.63) is 36.0 Å². The molecule has 7 nitrogen and oxygen atoms in total. The van der Waals surface area contributed by atoms with E-state index in [1.165, 1.54) is 19.1 Å². The molecule has 1 amide bonds. The molecule has 0 spiro atoms. The Morgan fingerprint density at radius 2 is 2.10 bits per heavy atom. The highest BCUT2D eigenvalue weighted by atomic mass is 16.4. The Hall–Kier alpha value is -2.83. The Balaban J connectivity index is 2.08. The number of para-hydroxylation sites is 1. The van der Waals surface area contributed by atoms with Crippen LogP contribution >= 0.6 is 0 Å². The summed E-state index contributed by atoms with van der Waals surface area (Å²) in [4.78, 5) is 22.5. The van der Waals surface area contributed by atoms with Gasteiger partial charge in [-0.25, -0.2) is 0 Å². The van der Waals surface area contributed by atoms with Crippen molar-refractivity contribution in [2.45, 2.75) is 6.92 Å². The van der Waals surface area contributed by atoms with Gasteiger partial charge >= 0.3 is 5.97 Å². The summed E-state index contributed by atoms with van der Waals surface area (Å²) in [5, 5.41) is 27.5. The number of rotatable bonds is 5. The molecule has 2 rings (SSSR count). The molecule has 0 bridgehead atoms. The van der Waals surface area contributed by atoms with Gasteiger partial charge in [-0.15, -0.1) is 0 Å². The van der Waals surface area contributed by atoms with Crippen molar-refractivity contribution >= 4 is 11.9 Å². The number of carbonyl (C=O) groups excluding carboxylic acids is 1. The number of hydrogen-bond acceptors (Lipinski definition) is 4. The first-order valence-electron chi connectivity index (χ1n) is 6.34. The van der Waals surface area contributed by atoms with E-state index in [2.05, 4.69) is 15.5 Å². The van der Waals surface area contributed by atoms with Gasteiger partial charge in [-0.05, 0) is 18.2 Å². The molecule has 1 aromatic carbocycles. The fraction of sp³-hybridized carbons (Fsp3) is 0.214. The minimum Gasteiger partial charge on any atom is -0.507 e. The number of H-pyrrole nitrogens is 1. The molecule has 0 saturated heterocycles. The maximum absolute atomic E-state index is 11.9. The van der Waals surface area contributed by atoms with Crippen molar-refractivity contribution < 1.29 is 19.8 Å². The van der Waals surface area contributed by atoms with Gasteiger partial charge in [0.2, 0.25) is 0 Å². The summed E-state index contributed by atoms with van der Waals surface area (Å²) in [5.74, 6) is -2.03. The largest absolute Gasteiger partial charge is 0.507 e. The van der Waals surface area contributed by atoms with E-state index < -0.39 is 17.8 Å². The molecule has 2 aromatic rings. The predicted octanol–water partition coefficient (Wildman–Crippen LogP) is 1.23. The lowest BCUT2D eigenvalue weighted by Crippen LogP contribution is -2.31. The number of aliphatic carboxylic acids is 1. The second kappa shape index (κ2) is 6.08. The van der Waals surface area contributed by atoms with Crippen LogP contribution in [0.25, 0.3) is 11.3 Å². The van der Waals surface area contributed by atoms with Crippen LogP contribution in [0.15, 0.2) is 30.3 Å². The van der Waals surface area contributed by atoms with Gasteiger partial charge in [0, 0.05) is 12.1 Å². The fourth-order valence-corrected chi connectivity index (χ4v) is 1.69. The topological polar surface area (TPSA) is 115 Å². The molecule has 1 heterocycles. The van der Waals surface area contributed by atoms with Gasteiger partial charge in [0.1, 0.15) is 11.4 Å². The number of benzene rings is 1. The third kappa shape index (κ3) is 3.38. The van der Waals surface area contributed by atoms with E-state index >= 15 is 0 Å². The van der Waals surface area contributed by atoms with Crippen LogP contribution in [0, 0.1) is 5.92 Å². The zero-order valence-corrected chi connectivity index (χ0v) is 11.3. The smallest absolute Gasteiger partial charge is 0.308 e. The predicted molar refractivity (Wildman–Crippen MR) is 74.8 cm³/mol. The molecule has 0 aliphatic carbocycles. The monoisotopic (exact) mass is 289 g/mol. The van der Waals surface area contributed by atoms with Crippen LogP contribution in [-0.2, 0) is 4.79 Å². The highest BCUT2D eigenvalue weighted by Gasteiger charge is 2.16. The van der Waals surface area contributed by atoms with Crippen molar-refractivity contribution in [2.75, 3.05) is 6.54 Å². The molecule has 1 atom stereocenters. The highest BCUT2D eigenvalue weighted by Crippen LogP contribution is 2.27. The summed E-state index contributed by atoms with van der Waals surface area (Å²) in [6.45, 7) is 1.53. The minimum absolute atomic E-state index is 0.0269. The van der Waals surface area contributed by atoms with Crippen LogP contribution in [0.4, 0.5) is 0 Å². The van der Waals surface area contributed by atoms with Gasteiger partial charge in [-0.3, -0.25) is 14.7 Å². The summed E-state index contributed by atoms with van der Waals surface area (Å²) in [5.41, 5.74) is 1.14. The van der Waals surface area contributed by atoms with Crippen LogP contribution in [0.1, 0.15) is 17.4 Å². The highest BCUT2D eigenvalue weighted by molar-refractivity contribution is 5.93. The first-order chi connectivity index (χ1) is 9.99. The number of amides is 1. The number of aromatic nitrogens is 2. The summed E-state index contributed by atoms with van der Waals surface area (Å²) >= 11 is 0. The van der Waals surface area contributed by atoms with E-state index in [9.17, 15) is 14.7 Å². The lowest BCUT2D eigenvalue weighted by Gasteiger charge is -2.06. The molecule has 110 valence electrons. The summed E-state index contributed by atoms with van der Waals surface area (Å²) in [7, 11) is 0. The average molecular weight is 289 g/mol. The Morgan fingerprint density at radius 3 is 2.76 bits per heavy atom. The summed E-state index contributed by atoms with van der Waals surface area (Å²) in [6.07, 6.45) is 0. The Labute approximate surface area is 120 Å². The quantitative estimate of drug-likeness (QED) is 0.661. The Bertz CT molecular complexity index is 666. The fourth-order valence-electron chi connectivity index (χ4n) is 1.69. The number of carbonyl (C=O) groups is 2. The van der Waals surface area contributed by atoms with Gasteiger partial charge in [0.25, 0.3) is 5.91 Å². The zero-order chi connectivity index (χ0) is 15.4. The lowest BCUT2D eigenvalue weighted by atomic mass is 10.1. The number of carboxylic acids is 1. The molecular formula is C14H15N3O4. The number of nitrogens with zero attached hydrogens (tertiary/aromatic N) is 1. The number of nitrogens with one attached hydrogen (secondary N) is 2. The van der Waals surface area contributed by atoms with Gasteiger partial charge in [0.05, 0.1) is 11.6 Å². The Kier molecular flexibility index (Phi) is 4.22. The van der Waals surface area contributed by atoms with Crippen LogP contribution in [-0.4, -0.2) is 38.8 Å². The van der Waals surface area contributed by atoms with Crippen molar-refractivity contribution in [1.82, 2.24) is 15.5 Å². The maximum Gasteiger partial charge on any atom is 0.308 e. The maximum atomic E-state index is 11.9. The molecule has 0 aliphatic rings. The molecule has 0 aliphatic heterocycles. The molecular weight excluding hydrogens is 274 g/mol. The molecule has 0 saturated carbocycles. The third-order valence-corrected chi connectivity index (χ3v) is 2.99.